The Labute approximate surface area is 99.8 Å². The van der Waals surface area contributed by atoms with Gasteiger partial charge in [-0.25, -0.2) is 0 Å². The summed E-state index contributed by atoms with van der Waals surface area (Å²) < 4.78 is 5.06. The second-order valence-electron chi connectivity index (χ2n) is 4.64. The van der Waals surface area contributed by atoms with E-state index in [1.54, 1.807) is 12.1 Å². The molecule has 2 rings (SSSR count). The second kappa shape index (κ2) is 4.33. The molecule has 5 nitrogen and oxygen atoms in total. The molecule has 0 bridgehead atoms. The maximum atomic E-state index is 11.9. The average Bonchev–Trinajstić information content (AvgIpc) is 2.78. The minimum absolute atomic E-state index is 0.0454. The van der Waals surface area contributed by atoms with Crippen LogP contribution in [-0.4, -0.2) is 41.8 Å². The third-order valence-corrected chi connectivity index (χ3v) is 3.14. The summed E-state index contributed by atoms with van der Waals surface area (Å²) in [6.45, 7) is 5.08. The van der Waals surface area contributed by atoms with Crippen LogP contribution < -0.4 is 5.32 Å². The fourth-order valence-electron chi connectivity index (χ4n) is 1.91. The molecule has 1 aromatic heterocycles. The Balaban J connectivity index is 2.08. The smallest absolute Gasteiger partial charge is 0.240 e. The van der Waals surface area contributed by atoms with Crippen LogP contribution >= 0.6 is 0 Å². The third-order valence-electron chi connectivity index (χ3n) is 3.14. The molecule has 0 radical (unpaired) electrons. The summed E-state index contributed by atoms with van der Waals surface area (Å²) in [4.78, 5) is 25.5. The molecular formula is C12H16N2O3. The van der Waals surface area contributed by atoms with Gasteiger partial charge in [0.05, 0.1) is 18.3 Å². The van der Waals surface area contributed by atoms with Gasteiger partial charge in [-0.3, -0.25) is 14.5 Å². The first kappa shape index (κ1) is 11.9. The first-order valence-corrected chi connectivity index (χ1v) is 5.62. The molecule has 1 fully saturated rings. The topological polar surface area (TPSA) is 62.6 Å². The lowest BCUT2D eigenvalue weighted by Gasteiger charge is -2.40. The van der Waals surface area contributed by atoms with Gasteiger partial charge in [0.2, 0.25) is 11.7 Å². The van der Waals surface area contributed by atoms with Crippen LogP contribution in [0.25, 0.3) is 0 Å². The summed E-state index contributed by atoms with van der Waals surface area (Å²) in [5, 5.41) is 2.79. The van der Waals surface area contributed by atoms with E-state index in [-0.39, 0.29) is 18.2 Å². The Kier molecular flexibility index (Phi) is 3.02. The number of ketones is 1. The van der Waals surface area contributed by atoms with Crippen molar-refractivity contribution in [2.24, 2.45) is 0 Å². The van der Waals surface area contributed by atoms with Gasteiger partial charge in [-0.05, 0) is 26.0 Å². The van der Waals surface area contributed by atoms with E-state index >= 15 is 0 Å². The number of rotatable bonds is 3. The molecule has 1 aromatic rings. The zero-order valence-electron chi connectivity index (χ0n) is 10.0. The molecular weight excluding hydrogens is 220 g/mol. The number of carbonyl (C=O) groups is 2. The summed E-state index contributed by atoms with van der Waals surface area (Å²) in [6.07, 6.45) is 1.47. The molecule has 92 valence electrons. The first-order valence-electron chi connectivity index (χ1n) is 5.62. The van der Waals surface area contributed by atoms with E-state index in [0.717, 1.165) is 0 Å². The number of hydrogen-bond acceptors (Lipinski definition) is 4. The quantitative estimate of drug-likeness (QED) is 0.784. The van der Waals surface area contributed by atoms with E-state index < -0.39 is 5.54 Å². The molecule has 5 heteroatoms. The summed E-state index contributed by atoms with van der Waals surface area (Å²) >= 11 is 0. The van der Waals surface area contributed by atoms with Crippen LogP contribution in [0, 0.1) is 0 Å². The van der Waals surface area contributed by atoms with Gasteiger partial charge in [0, 0.05) is 13.1 Å². The number of amides is 1. The summed E-state index contributed by atoms with van der Waals surface area (Å²) in [7, 11) is 0. The van der Waals surface area contributed by atoms with Gasteiger partial charge in [-0.1, -0.05) is 0 Å². The van der Waals surface area contributed by atoms with Crippen molar-refractivity contribution in [3.8, 4) is 0 Å². The van der Waals surface area contributed by atoms with E-state index in [2.05, 4.69) is 5.32 Å². The average molecular weight is 236 g/mol. The molecule has 17 heavy (non-hydrogen) atoms. The lowest BCUT2D eigenvalue weighted by molar-refractivity contribution is -0.134. The van der Waals surface area contributed by atoms with E-state index in [1.165, 1.54) is 6.26 Å². The van der Waals surface area contributed by atoms with Crippen LogP contribution in [0.4, 0.5) is 0 Å². The highest BCUT2D eigenvalue weighted by Crippen LogP contribution is 2.18. The number of furan rings is 1. The molecule has 1 aliphatic heterocycles. The number of nitrogens with one attached hydrogen (secondary N) is 1. The molecule has 0 aromatic carbocycles. The molecule has 1 N–H and O–H groups in total. The Morgan fingerprint density at radius 2 is 2.35 bits per heavy atom. The predicted molar refractivity (Wildman–Crippen MR) is 61.7 cm³/mol. The van der Waals surface area contributed by atoms with E-state index in [4.69, 9.17) is 4.42 Å². The van der Waals surface area contributed by atoms with Crippen molar-refractivity contribution in [3.05, 3.63) is 24.2 Å². The molecule has 0 spiro atoms. The third kappa shape index (κ3) is 2.24. The Bertz CT molecular complexity index is 423. The Morgan fingerprint density at radius 1 is 1.59 bits per heavy atom. The van der Waals surface area contributed by atoms with Gasteiger partial charge in [0.25, 0.3) is 0 Å². The minimum Gasteiger partial charge on any atom is -0.461 e. The van der Waals surface area contributed by atoms with E-state index in [0.29, 0.717) is 18.8 Å². The van der Waals surface area contributed by atoms with Crippen LogP contribution in [0.5, 0.6) is 0 Å². The van der Waals surface area contributed by atoms with Gasteiger partial charge < -0.3 is 9.73 Å². The monoisotopic (exact) mass is 236 g/mol. The summed E-state index contributed by atoms with van der Waals surface area (Å²) in [5.74, 6) is 0.195. The SMILES string of the molecule is CC1(C)C(=O)NCCN1CC(=O)c1ccco1. The number of nitrogens with zero attached hydrogens (tertiary/aromatic N) is 1. The number of Topliss-reactive ketones (excluding diaryl/α,β-unsaturated/α-hetero) is 1. The van der Waals surface area contributed by atoms with E-state index in [9.17, 15) is 9.59 Å². The molecule has 2 heterocycles. The van der Waals surface area contributed by atoms with Crippen molar-refractivity contribution in [3.63, 3.8) is 0 Å². The standard InChI is InChI=1S/C12H16N2O3/c1-12(2)11(16)13-5-6-14(12)8-9(15)10-4-3-7-17-10/h3-4,7H,5-6,8H2,1-2H3,(H,13,16). The minimum atomic E-state index is -0.652. The zero-order valence-corrected chi connectivity index (χ0v) is 10.0. The van der Waals surface area contributed by atoms with Crippen molar-refractivity contribution < 1.29 is 14.0 Å². The lowest BCUT2D eigenvalue weighted by Crippen LogP contribution is -2.62. The van der Waals surface area contributed by atoms with Crippen molar-refractivity contribution in [1.29, 1.82) is 0 Å². The Hall–Kier alpha value is -1.62. The van der Waals surface area contributed by atoms with Crippen molar-refractivity contribution in [2.45, 2.75) is 19.4 Å². The number of hydrogen-bond donors (Lipinski definition) is 1. The highest BCUT2D eigenvalue weighted by Gasteiger charge is 2.38. The fourth-order valence-corrected chi connectivity index (χ4v) is 1.91. The van der Waals surface area contributed by atoms with Crippen molar-refractivity contribution in [2.75, 3.05) is 19.6 Å². The summed E-state index contributed by atoms with van der Waals surface area (Å²) in [6, 6.07) is 3.32. The van der Waals surface area contributed by atoms with Gasteiger partial charge in [-0.2, -0.15) is 0 Å². The van der Waals surface area contributed by atoms with Gasteiger partial charge in [-0.15, -0.1) is 0 Å². The predicted octanol–water partition coefficient (Wildman–Crippen LogP) is 0.673. The zero-order chi connectivity index (χ0) is 12.5. The van der Waals surface area contributed by atoms with Gasteiger partial charge >= 0.3 is 0 Å². The van der Waals surface area contributed by atoms with Crippen LogP contribution in [-0.2, 0) is 4.79 Å². The largest absolute Gasteiger partial charge is 0.461 e. The fraction of sp³-hybridized carbons (Fsp3) is 0.500. The molecule has 1 aliphatic rings. The first-order chi connectivity index (χ1) is 8.01. The molecule has 1 saturated heterocycles. The highest BCUT2D eigenvalue weighted by atomic mass is 16.3. The van der Waals surface area contributed by atoms with Crippen LogP contribution in [0.1, 0.15) is 24.4 Å². The van der Waals surface area contributed by atoms with Crippen molar-refractivity contribution in [1.82, 2.24) is 10.2 Å². The maximum absolute atomic E-state index is 11.9. The highest BCUT2D eigenvalue weighted by molar-refractivity contribution is 5.96. The normalized spacial score (nSPS) is 20.0. The molecule has 0 aliphatic carbocycles. The summed E-state index contributed by atoms with van der Waals surface area (Å²) in [5.41, 5.74) is -0.652. The number of piperazine rings is 1. The second-order valence-corrected chi connectivity index (χ2v) is 4.64. The van der Waals surface area contributed by atoms with Crippen molar-refractivity contribution >= 4 is 11.7 Å². The molecule has 0 unspecified atom stereocenters. The van der Waals surface area contributed by atoms with Crippen LogP contribution in [0.2, 0.25) is 0 Å². The number of carbonyl (C=O) groups excluding carboxylic acids is 2. The van der Waals surface area contributed by atoms with E-state index in [1.807, 2.05) is 18.7 Å². The van der Waals surface area contributed by atoms with Crippen LogP contribution in [0.3, 0.4) is 0 Å². The molecule has 0 atom stereocenters. The van der Waals surface area contributed by atoms with Gasteiger partial charge in [0.1, 0.15) is 0 Å². The van der Waals surface area contributed by atoms with Crippen LogP contribution in [0.15, 0.2) is 22.8 Å². The maximum Gasteiger partial charge on any atom is 0.240 e. The Morgan fingerprint density at radius 3 is 3.00 bits per heavy atom. The lowest BCUT2D eigenvalue weighted by atomic mass is 9.98. The molecule has 0 saturated carbocycles. The molecule has 1 amide bonds. The van der Waals surface area contributed by atoms with Gasteiger partial charge in [0.15, 0.2) is 5.76 Å².